The zero-order valence-electron chi connectivity index (χ0n) is 14.9. The minimum Gasteiger partial charge on any atom is -0.506 e. The van der Waals surface area contributed by atoms with Gasteiger partial charge >= 0.3 is 0 Å². The molecular weight excluding hydrogens is 302 g/mol. The molecule has 0 saturated heterocycles. The molecule has 0 aliphatic heterocycles. The molecule has 0 bridgehead atoms. The van der Waals surface area contributed by atoms with Crippen LogP contribution >= 0.6 is 0 Å². The van der Waals surface area contributed by atoms with Crippen LogP contribution in [0.4, 0.5) is 5.69 Å². The second kappa shape index (κ2) is 6.95. The number of rotatable bonds is 4. The summed E-state index contributed by atoms with van der Waals surface area (Å²) in [6.07, 6.45) is -0.676. The topological polar surface area (TPSA) is 58.6 Å². The van der Waals surface area contributed by atoms with Crippen LogP contribution in [0.2, 0.25) is 0 Å². The van der Waals surface area contributed by atoms with E-state index >= 15 is 0 Å². The number of benzene rings is 2. The molecule has 0 fully saturated rings. The van der Waals surface area contributed by atoms with Crippen molar-refractivity contribution in [1.82, 2.24) is 0 Å². The van der Waals surface area contributed by atoms with Crippen molar-refractivity contribution < 1.29 is 14.6 Å². The normalized spacial score (nSPS) is 12.5. The Hall–Kier alpha value is -2.49. The van der Waals surface area contributed by atoms with Gasteiger partial charge in [-0.15, -0.1) is 0 Å². The third kappa shape index (κ3) is 4.51. The van der Waals surface area contributed by atoms with Gasteiger partial charge in [0.1, 0.15) is 11.5 Å². The van der Waals surface area contributed by atoms with Gasteiger partial charge in [0.2, 0.25) is 0 Å². The third-order valence-electron chi connectivity index (χ3n) is 3.82. The predicted molar refractivity (Wildman–Crippen MR) is 96.7 cm³/mol. The van der Waals surface area contributed by atoms with Gasteiger partial charge in [-0.1, -0.05) is 44.5 Å². The summed E-state index contributed by atoms with van der Waals surface area (Å²) in [6, 6.07) is 12.8. The SMILES string of the molecule is Cc1ccc(O[C@H](C)C(=O)Nc2cc(C(C)(C)C)ccc2O)cc1. The number of hydrogen-bond donors (Lipinski definition) is 2. The molecule has 1 amide bonds. The first-order valence-corrected chi connectivity index (χ1v) is 8.04. The van der Waals surface area contributed by atoms with Crippen molar-refractivity contribution in [3.8, 4) is 11.5 Å². The first kappa shape index (κ1) is 17.9. The van der Waals surface area contributed by atoms with Crippen LogP contribution in [0, 0.1) is 6.92 Å². The van der Waals surface area contributed by atoms with E-state index in [-0.39, 0.29) is 17.1 Å². The lowest BCUT2D eigenvalue weighted by atomic mass is 9.87. The molecule has 0 heterocycles. The van der Waals surface area contributed by atoms with Crippen molar-refractivity contribution in [1.29, 1.82) is 0 Å². The molecule has 2 N–H and O–H groups in total. The average Bonchev–Trinajstić information content (AvgIpc) is 2.50. The molecule has 2 rings (SSSR count). The number of aromatic hydroxyl groups is 1. The molecule has 128 valence electrons. The Morgan fingerprint density at radius 3 is 2.33 bits per heavy atom. The largest absolute Gasteiger partial charge is 0.506 e. The van der Waals surface area contributed by atoms with Crippen LogP contribution in [0.3, 0.4) is 0 Å². The molecule has 1 atom stereocenters. The van der Waals surface area contributed by atoms with Gasteiger partial charge in [-0.05, 0) is 49.1 Å². The molecule has 4 nitrogen and oxygen atoms in total. The van der Waals surface area contributed by atoms with E-state index in [1.165, 1.54) is 0 Å². The Morgan fingerprint density at radius 1 is 1.12 bits per heavy atom. The van der Waals surface area contributed by atoms with Gasteiger partial charge < -0.3 is 15.2 Å². The van der Waals surface area contributed by atoms with Crippen molar-refractivity contribution in [3.05, 3.63) is 53.6 Å². The highest BCUT2D eigenvalue weighted by molar-refractivity contribution is 5.95. The summed E-state index contributed by atoms with van der Waals surface area (Å²) in [5.74, 6) is 0.367. The fraction of sp³-hybridized carbons (Fsp3) is 0.350. The Labute approximate surface area is 143 Å². The summed E-state index contributed by atoms with van der Waals surface area (Å²) in [5.41, 5.74) is 2.48. The van der Waals surface area contributed by atoms with Crippen LogP contribution in [0.1, 0.15) is 38.8 Å². The highest BCUT2D eigenvalue weighted by Gasteiger charge is 2.19. The lowest BCUT2D eigenvalue weighted by molar-refractivity contribution is -0.122. The number of anilines is 1. The van der Waals surface area contributed by atoms with E-state index in [9.17, 15) is 9.90 Å². The van der Waals surface area contributed by atoms with E-state index in [4.69, 9.17) is 4.74 Å². The summed E-state index contributed by atoms with van der Waals surface area (Å²) in [7, 11) is 0. The minimum atomic E-state index is -0.676. The van der Waals surface area contributed by atoms with E-state index < -0.39 is 6.10 Å². The molecule has 0 radical (unpaired) electrons. The fourth-order valence-electron chi connectivity index (χ4n) is 2.21. The predicted octanol–water partition coefficient (Wildman–Crippen LogP) is 4.40. The van der Waals surface area contributed by atoms with E-state index in [2.05, 4.69) is 26.1 Å². The lowest BCUT2D eigenvalue weighted by Gasteiger charge is -2.21. The molecule has 24 heavy (non-hydrogen) atoms. The smallest absolute Gasteiger partial charge is 0.265 e. The summed E-state index contributed by atoms with van der Waals surface area (Å²) in [6.45, 7) is 9.90. The monoisotopic (exact) mass is 327 g/mol. The molecular formula is C20H25NO3. The number of phenolic OH excluding ortho intramolecular Hbond substituents is 1. The van der Waals surface area contributed by atoms with Gasteiger partial charge in [-0.3, -0.25) is 4.79 Å². The Bertz CT molecular complexity index is 715. The number of ether oxygens (including phenoxy) is 1. The van der Waals surface area contributed by atoms with E-state index in [0.29, 0.717) is 11.4 Å². The summed E-state index contributed by atoms with van der Waals surface area (Å²) in [4.78, 5) is 12.3. The van der Waals surface area contributed by atoms with Gasteiger partial charge in [0.15, 0.2) is 6.10 Å². The van der Waals surface area contributed by atoms with Gasteiger partial charge in [-0.25, -0.2) is 0 Å². The maximum atomic E-state index is 12.3. The number of nitrogens with one attached hydrogen (secondary N) is 1. The molecule has 0 aromatic heterocycles. The lowest BCUT2D eigenvalue weighted by Crippen LogP contribution is -2.30. The maximum absolute atomic E-state index is 12.3. The summed E-state index contributed by atoms with van der Waals surface area (Å²) < 4.78 is 5.65. The highest BCUT2D eigenvalue weighted by Crippen LogP contribution is 2.30. The van der Waals surface area contributed by atoms with Crippen molar-refractivity contribution in [2.24, 2.45) is 0 Å². The van der Waals surface area contributed by atoms with Crippen LogP contribution in [0.25, 0.3) is 0 Å². The van der Waals surface area contributed by atoms with Crippen LogP contribution in [-0.4, -0.2) is 17.1 Å². The standard InChI is InChI=1S/C20H25NO3/c1-13-6-9-16(10-7-13)24-14(2)19(23)21-17-12-15(20(3,4)5)8-11-18(17)22/h6-12,14,22H,1-5H3,(H,21,23)/t14-/m1/s1. The Morgan fingerprint density at radius 2 is 1.75 bits per heavy atom. The molecule has 4 heteroatoms. The molecule has 0 unspecified atom stereocenters. The molecule has 0 saturated carbocycles. The van der Waals surface area contributed by atoms with Crippen molar-refractivity contribution >= 4 is 11.6 Å². The van der Waals surface area contributed by atoms with Crippen molar-refractivity contribution in [2.75, 3.05) is 5.32 Å². The van der Waals surface area contributed by atoms with Crippen molar-refractivity contribution in [3.63, 3.8) is 0 Å². The van der Waals surface area contributed by atoms with E-state index in [0.717, 1.165) is 11.1 Å². The minimum absolute atomic E-state index is 0.0406. The van der Waals surface area contributed by atoms with E-state index in [1.54, 1.807) is 19.1 Å². The first-order valence-electron chi connectivity index (χ1n) is 8.04. The second-order valence-corrected chi connectivity index (χ2v) is 7.04. The van der Waals surface area contributed by atoms with Gasteiger partial charge in [0.05, 0.1) is 5.69 Å². The zero-order chi connectivity index (χ0) is 17.9. The van der Waals surface area contributed by atoms with Gasteiger partial charge in [0, 0.05) is 0 Å². The average molecular weight is 327 g/mol. The Balaban J connectivity index is 2.09. The number of aryl methyl sites for hydroxylation is 1. The molecule has 0 aliphatic rings. The molecule has 0 aliphatic carbocycles. The number of phenols is 1. The van der Waals surface area contributed by atoms with Crippen LogP contribution in [0.15, 0.2) is 42.5 Å². The molecule has 2 aromatic rings. The molecule has 2 aromatic carbocycles. The highest BCUT2D eigenvalue weighted by atomic mass is 16.5. The number of amides is 1. The van der Waals surface area contributed by atoms with Gasteiger partial charge in [-0.2, -0.15) is 0 Å². The molecule has 0 spiro atoms. The summed E-state index contributed by atoms with van der Waals surface area (Å²) in [5, 5.41) is 12.7. The fourth-order valence-corrected chi connectivity index (χ4v) is 2.21. The number of carbonyl (C=O) groups excluding carboxylic acids is 1. The maximum Gasteiger partial charge on any atom is 0.265 e. The van der Waals surface area contributed by atoms with Crippen LogP contribution < -0.4 is 10.1 Å². The van der Waals surface area contributed by atoms with Crippen molar-refractivity contribution in [2.45, 2.75) is 46.1 Å². The Kier molecular flexibility index (Phi) is 5.17. The second-order valence-electron chi connectivity index (χ2n) is 7.04. The third-order valence-corrected chi connectivity index (χ3v) is 3.82. The number of carbonyl (C=O) groups is 1. The quantitative estimate of drug-likeness (QED) is 0.818. The van der Waals surface area contributed by atoms with Gasteiger partial charge in [0.25, 0.3) is 5.91 Å². The van der Waals surface area contributed by atoms with Crippen LogP contribution in [-0.2, 0) is 10.2 Å². The zero-order valence-corrected chi connectivity index (χ0v) is 14.9. The van der Waals surface area contributed by atoms with E-state index in [1.807, 2.05) is 37.3 Å². The number of hydrogen-bond acceptors (Lipinski definition) is 3. The first-order chi connectivity index (χ1) is 11.2. The summed E-state index contributed by atoms with van der Waals surface area (Å²) >= 11 is 0. The van der Waals surface area contributed by atoms with Crippen LogP contribution in [0.5, 0.6) is 11.5 Å².